The topological polar surface area (TPSA) is 54.3 Å². The predicted octanol–water partition coefficient (Wildman–Crippen LogP) is 2.97. The number of piperidine rings is 3. The maximum absolute atomic E-state index is 12.7. The molecule has 2 aromatic rings. The quantitative estimate of drug-likeness (QED) is 0.874. The maximum atomic E-state index is 12.7. The van der Waals surface area contributed by atoms with Crippen LogP contribution in [0.2, 0.25) is 10.0 Å². The van der Waals surface area contributed by atoms with Crippen molar-refractivity contribution in [3.8, 4) is 5.69 Å². The highest BCUT2D eigenvalue weighted by molar-refractivity contribution is 6.35. The van der Waals surface area contributed by atoms with Crippen molar-refractivity contribution in [2.75, 3.05) is 19.6 Å². The number of nitrogens with zero attached hydrogens (tertiary/aromatic N) is 2. The highest BCUT2D eigenvalue weighted by atomic mass is 35.5. The molecule has 3 saturated heterocycles. The SMILES string of the molecule is O=C(N[C@@H]1CN2CCC1CC2)c1ccc(=O)n(-c2ccc(Cl)cc2Cl)c1. The predicted molar refractivity (Wildman–Crippen MR) is 102 cm³/mol. The Kier molecular flexibility index (Phi) is 4.78. The molecule has 3 fully saturated rings. The van der Waals surface area contributed by atoms with Gasteiger partial charge in [-0.25, -0.2) is 0 Å². The Bertz CT molecular complexity index is 904. The van der Waals surface area contributed by atoms with Crippen LogP contribution >= 0.6 is 23.2 Å². The molecule has 5 rings (SSSR count). The van der Waals surface area contributed by atoms with Crippen LogP contribution in [0.15, 0.2) is 41.3 Å². The molecule has 0 saturated carbocycles. The first kappa shape index (κ1) is 17.6. The number of nitrogens with one attached hydrogen (secondary N) is 1. The third kappa shape index (κ3) is 3.39. The zero-order valence-electron chi connectivity index (χ0n) is 14.1. The van der Waals surface area contributed by atoms with Crippen LogP contribution in [-0.4, -0.2) is 41.1 Å². The van der Waals surface area contributed by atoms with Gasteiger partial charge in [-0.3, -0.25) is 14.2 Å². The second-order valence-corrected chi connectivity index (χ2v) is 7.78. The molecule has 3 aliphatic rings. The Morgan fingerprint density at radius 2 is 1.88 bits per heavy atom. The Morgan fingerprint density at radius 3 is 2.54 bits per heavy atom. The molecule has 0 radical (unpaired) electrons. The summed E-state index contributed by atoms with van der Waals surface area (Å²) in [5.41, 5.74) is 0.680. The summed E-state index contributed by atoms with van der Waals surface area (Å²) in [7, 11) is 0. The highest BCUT2D eigenvalue weighted by Gasteiger charge is 2.35. The molecule has 3 aliphatic heterocycles. The van der Waals surface area contributed by atoms with Gasteiger partial charge in [0.05, 0.1) is 16.3 Å². The van der Waals surface area contributed by atoms with E-state index in [2.05, 4.69) is 10.2 Å². The average Bonchev–Trinajstić information content (AvgIpc) is 2.63. The second-order valence-electron chi connectivity index (χ2n) is 6.94. The molecule has 4 heterocycles. The molecule has 1 aromatic carbocycles. The first-order valence-corrected chi connectivity index (χ1v) is 9.48. The van der Waals surface area contributed by atoms with Gasteiger partial charge in [0.25, 0.3) is 11.5 Å². The fourth-order valence-electron chi connectivity index (χ4n) is 3.87. The van der Waals surface area contributed by atoms with Crippen LogP contribution < -0.4 is 10.9 Å². The van der Waals surface area contributed by atoms with Crippen LogP contribution in [0.1, 0.15) is 23.2 Å². The second kappa shape index (κ2) is 7.06. The van der Waals surface area contributed by atoms with E-state index in [9.17, 15) is 9.59 Å². The van der Waals surface area contributed by atoms with Crippen LogP contribution in [-0.2, 0) is 0 Å². The van der Waals surface area contributed by atoms with Crippen molar-refractivity contribution in [2.45, 2.75) is 18.9 Å². The summed E-state index contributed by atoms with van der Waals surface area (Å²) < 4.78 is 1.38. The molecular formula is C19H19Cl2N3O2. The molecule has 0 aliphatic carbocycles. The lowest BCUT2D eigenvalue weighted by Gasteiger charge is -2.44. The Balaban J connectivity index is 1.59. The molecule has 136 valence electrons. The van der Waals surface area contributed by atoms with Crippen LogP contribution in [0, 0.1) is 5.92 Å². The molecule has 5 nitrogen and oxygen atoms in total. The third-order valence-corrected chi connectivity index (χ3v) is 5.85. The van der Waals surface area contributed by atoms with Crippen molar-refractivity contribution in [1.82, 2.24) is 14.8 Å². The summed E-state index contributed by atoms with van der Waals surface area (Å²) >= 11 is 12.1. The summed E-state index contributed by atoms with van der Waals surface area (Å²) in [4.78, 5) is 27.4. The van der Waals surface area contributed by atoms with Gasteiger partial charge in [0, 0.05) is 29.9 Å². The molecule has 0 unspecified atom stereocenters. The Hall–Kier alpha value is -1.82. The summed E-state index contributed by atoms with van der Waals surface area (Å²) in [6, 6.07) is 8.01. The van der Waals surface area contributed by atoms with E-state index in [1.54, 1.807) is 24.3 Å². The van der Waals surface area contributed by atoms with Crippen LogP contribution in [0.3, 0.4) is 0 Å². The lowest BCUT2D eigenvalue weighted by molar-refractivity contribution is 0.0620. The monoisotopic (exact) mass is 391 g/mol. The van der Waals surface area contributed by atoms with Gasteiger partial charge in [-0.15, -0.1) is 0 Å². The van der Waals surface area contributed by atoms with Crippen molar-refractivity contribution < 1.29 is 4.79 Å². The average molecular weight is 392 g/mol. The molecule has 7 heteroatoms. The number of amides is 1. The normalized spacial score (nSPS) is 24.5. The minimum absolute atomic E-state index is 0.164. The largest absolute Gasteiger partial charge is 0.348 e. The minimum atomic E-state index is -0.256. The Labute approximate surface area is 161 Å². The molecule has 1 atom stereocenters. The van der Waals surface area contributed by atoms with Gasteiger partial charge < -0.3 is 10.2 Å². The van der Waals surface area contributed by atoms with Crippen molar-refractivity contribution in [3.63, 3.8) is 0 Å². The van der Waals surface area contributed by atoms with Crippen molar-refractivity contribution in [3.05, 3.63) is 62.5 Å². The van der Waals surface area contributed by atoms with Crippen LogP contribution in [0.5, 0.6) is 0 Å². The lowest BCUT2D eigenvalue weighted by atomic mass is 9.84. The van der Waals surface area contributed by atoms with E-state index >= 15 is 0 Å². The van der Waals surface area contributed by atoms with Crippen LogP contribution in [0.4, 0.5) is 0 Å². The number of aromatic nitrogens is 1. The number of hydrogen-bond acceptors (Lipinski definition) is 3. The van der Waals surface area contributed by atoms with Crippen molar-refractivity contribution in [2.24, 2.45) is 5.92 Å². The summed E-state index contributed by atoms with van der Waals surface area (Å²) in [6.07, 6.45) is 3.80. The molecule has 26 heavy (non-hydrogen) atoms. The van der Waals surface area contributed by atoms with E-state index < -0.39 is 0 Å². The van der Waals surface area contributed by atoms with Crippen molar-refractivity contribution >= 4 is 29.1 Å². The number of benzene rings is 1. The molecule has 1 N–H and O–H groups in total. The fourth-order valence-corrected chi connectivity index (χ4v) is 4.37. The van der Waals surface area contributed by atoms with Gasteiger partial charge >= 0.3 is 0 Å². The zero-order valence-corrected chi connectivity index (χ0v) is 15.6. The number of hydrogen-bond donors (Lipinski definition) is 1. The van der Waals surface area contributed by atoms with Crippen LogP contribution in [0.25, 0.3) is 5.69 Å². The zero-order chi connectivity index (χ0) is 18.3. The number of carbonyl (C=O) groups excluding carboxylic acids is 1. The smallest absolute Gasteiger partial charge is 0.255 e. The summed E-state index contributed by atoms with van der Waals surface area (Å²) in [6.45, 7) is 3.15. The Morgan fingerprint density at radius 1 is 1.12 bits per heavy atom. The first-order valence-electron chi connectivity index (χ1n) is 8.72. The summed E-state index contributed by atoms with van der Waals surface area (Å²) in [5, 5.41) is 3.98. The molecule has 1 aromatic heterocycles. The highest BCUT2D eigenvalue weighted by Crippen LogP contribution is 2.28. The van der Waals surface area contributed by atoms with E-state index in [0.717, 1.165) is 32.5 Å². The number of pyridine rings is 1. The standard InChI is InChI=1S/C19H19Cl2N3O2/c20-14-2-3-17(15(21)9-14)24-10-13(1-4-18(24)25)19(26)22-16-11-23-7-5-12(16)6-8-23/h1-4,9-10,12,16H,5-8,11H2,(H,22,26)/t16-/m1/s1. The van der Waals surface area contributed by atoms with E-state index in [-0.39, 0.29) is 17.5 Å². The summed E-state index contributed by atoms with van der Waals surface area (Å²) in [5.74, 6) is 0.378. The lowest BCUT2D eigenvalue weighted by Crippen LogP contribution is -2.57. The number of halogens is 2. The van der Waals surface area contributed by atoms with Gasteiger partial charge in [-0.05, 0) is 56.1 Å². The third-order valence-electron chi connectivity index (χ3n) is 5.32. The van der Waals surface area contributed by atoms with Gasteiger partial charge in [0.15, 0.2) is 0 Å². The van der Waals surface area contributed by atoms with Gasteiger partial charge in [-0.1, -0.05) is 23.2 Å². The minimum Gasteiger partial charge on any atom is -0.348 e. The molecule has 1 amide bonds. The first-order chi connectivity index (χ1) is 12.5. The van der Waals surface area contributed by atoms with Crippen molar-refractivity contribution in [1.29, 1.82) is 0 Å². The van der Waals surface area contributed by atoms with E-state index in [4.69, 9.17) is 23.2 Å². The van der Waals surface area contributed by atoms with Gasteiger partial charge in [0.1, 0.15) is 0 Å². The van der Waals surface area contributed by atoms with E-state index in [0.29, 0.717) is 27.2 Å². The molecule has 2 bridgehead atoms. The van der Waals surface area contributed by atoms with Gasteiger partial charge in [0.2, 0.25) is 0 Å². The number of carbonyl (C=O) groups is 1. The fraction of sp³-hybridized carbons (Fsp3) is 0.368. The van der Waals surface area contributed by atoms with E-state index in [1.807, 2.05) is 0 Å². The maximum Gasteiger partial charge on any atom is 0.255 e. The molecular weight excluding hydrogens is 373 g/mol. The molecule has 0 spiro atoms. The number of rotatable bonds is 3. The van der Waals surface area contributed by atoms with Gasteiger partial charge in [-0.2, -0.15) is 0 Å². The number of fused-ring (bicyclic) bond motifs is 3. The van der Waals surface area contributed by atoms with E-state index in [1.165, 1.54) is 16.8 Å².